The van der Waals surface area contributed by atoms with Crippen molar-refractivity contribution >= 4 is 29.9 Å². The molecule has 0 amide bonds. The Morgan fingerprint density at radius 1 is 1.29 bits per heavy atom. The summed E-state index contributed by atoms with van der Waals surface area (Å²) in [5.41, 5.74) is 1.17. The van der Waals surface area contributed by atoms with Gasteiger partial charge in [-0.15, -0.1) is 24.0 Å². The molecule has 0 spiro atoms. The summed E-state index contributed by atoms with van der Waals surface area (Å²) < 4.78 is 0. The number of hydrogen-bond acceptors (Lipinski definition) is 2. The normalized spacial score (nSPS) is 10.6. The smallest absolute Gasteiger partial charge is 0.193 e. The second-order valence-electron chi connectivity index (χ2n) is 3.67. The SMILES string of the molecule is CN(C)C(=NCc1ccccc1)NCCO.I. The first-order chi connectivity index (χ1) is 7.74. The molecule has 0 heterocycles. The van der Waals surface area contributed by atoms with Crippen molar-refractivity contribution in [2.45, 2.75) is 6.54 Å². The van der Waals surface area contributed by atoms with Crippen molar-refractivity contribution in [3.8, 4) is 0 Å². The van der Waals surface area contributed by atoms with Crippen LogP contribution in [-0.2, 0) is 6.54 Å². The second kappa shape index (κ2) is 9.23. The molecule has 0 atom stereocenters. The van der Waals surface area contributed by atoms with Crippen molar-refractivity contribution in [2.75, 3.05) is 27.2 Å². The first-order valence-electron chi connectivity index (χ1n) is 5.34. The van der Waals surface area contributed by atoms with Crippen LogP contribution >= 0.6 is 24.0 Å². The number of aliphatic imine (C=N–C) groups is 1. The maximum atomic E-state index is 8.75. The van der Waals surface area contributed by atoms with Crippen LogP contribution in [0.5, 0.6) is 0 Å². The quantitative estimate of drug-likeness (QED) is 0.490. The molecule has 1 aromatic carbocycles. The van der Waals surface area contributed by atoms with Crippen LogP contribution in [0.25, 0.3) is 0 Å². The van der Waals surface area contributed by atoms with Crippen LogP contribution in [0.1, 0.15) is 5.56 Å². The van der Waals surface area contributed by atoms with E-state index in [1.54, 1.807) is 0 Å². The monoisotopic (exact) mass is 349 g/mol. The zero-order chi connectivity index (χ0) is 11.8. The molecule has 0 aromatic heterocycles. The number of halogens is 1. The van der Waals surface area contributed by atoms with Crippen molar-refractivity contribution in [2.24, 2.45) is 4.99 Å². The molecular weight excluding hydrogens is 329 g/mol. The highest BCUT2D eigenvalue weighted by Gasteiger charge is 1.99. The molecule has 0 radical (unpaired) electrons. The summed E-state index contributed by atoms with van der Waals surface area (Å²) in [6, 6.07) is 10.1. The number of guanidine groups is 1. The van der Waals surface area contributed by atoms with Crippen molar-refractivity contribution in [1.82, 2.24) is 10.2 Å². The number of aliphatic hydroxyl groups is 1. The summed E-state index contributed by atoms with van der Waals surface area (Å²) >= 11 is 0. The van der Waals surface area contributed by atoms with E-state index in [1.165, 1.54) is 5.56 Å². The third-order valence-electron chi connectivity index (χ3n) is 2.07. The van der Waals surface area contributed by atoms with E-state index in [9.17, 15) is 0 Å². The fourth-order valence-electron chi connectivity index (χ4n) is 1.27. The van der Waals surface area contributed by atoms with Crippen LogP contribution < -0.4 is 5.32 Å². The minimum atomic E-state index is 0. The van der Waals surface area contributed by atoms with Gasteiger partial charge in [0.15, 0.2) is 5.96 Å². The van der Waals surface area contributed by atoms with Crippen molar-refractivity contribution < 1.29 is 5.11 Å². The molecule has 96 valence electrons. The lowest BCUT2D eigenvalue weighted by Crippen LogP contribution is -2.37. The number of aliphatic hydroxyl groups excluding tert-OH is 1. The molecule has 0 unspecified atom stereocenters. The highest BCUT2D eigenvalue weighted by Crippen LogP contribution is 2.00. The van der Waals surface area contributed by atoms with Gasteiger partial charge in [0.25, 0.3) is 0 Å². The molecule has 0 bridgehead atoms. The standard InChI is InChI=1S/C12H19N3O.HI/c1-15(2)12(13-8-9-16)14-10-11-6-4-3-5-7-11;/h3-7,16H,8-10H2,1-2H3,(H,13,14);1H. The van der Waals surface area contributed by atoms with Gasteiger partial charge in [0.05, 0.1) is 13.2 Å². The van der Waals surface area contributed by atoms with Crippen LogP contribution in [0.2, 0.25) is 0 Å². The molecule has 4 nitrogen and oxygen atoms in total. The van der Waals surface area contributed by atoms with E-state index in [0.717, 1.165) is 5.96 Å². The molecule has 2 N–H and O–H groups in total. The first-order valence-corrected chi connectivity index (χ1v) is 5.34. The zero-order valence-corrected chi connectivity index (χ0v) is 12.6. The maximum absolute atomic E-state index is 8.75. The summed E-state index contributed by atoms with van der Waals surface area (Å²) in [5, 5.41) is 11.8. The van der Waals surface area contributed by atoms with E-state index in [0.29, 0.717) is 13.1 Å². The van der Waals surface area contributed by atoms with Gasteiger partial charge in [0, 0.05) is 20.6 Å². The highest BCUT2D eigenvalue weighted by molar-refractivity contribution is 14.0. The lowest BCUT2D eigenvalue weighted by Gasteiger charge is -2.16. The third-order valence-corrected chi connectivity index (χ3v) is 2.07. The van der Waals surface area contributed by atoms with Gasteiger partial charge >= 0.3 is 0 Å². The van der Waals surface area contributed by atoms with Gasteiger partial charge < -0.3 is 15.3 Å². The van der Waals surface area contributed by atoms with Crippen LogP contribution in [0.4, 0.5) is 0 Å². The molecular formula is C12H20IN3O. The van der Waals surface area contributed by atoms with E-state index in [2.05, 4.69) is 10.3 Å². The Balaban J connectivity index is 0.00000256. The summed E-state index contributed by atoms with van der Waals surface area (Å²) in [6.07, 6.45) is 0. The lowest BCUT2D eigenvalue weighted by atomic mass is 10.2. The van der Waals surface area contributed by atoms with E-state index in [1.807, 2.05) is 49.3 Å². The van der Waals surface area contributed by atoms with Crippen molar-refractivity contribution in [3.05, 3.63) is 35.9 Å². The number of benzene rings is 1. The molecule has 0 aliphatic heterocycles. The summed E-state index contributed by atoms with van der Waals surface area (Å²) in [5.74, 6) is 0.790. The van der Waals surface area contributed by atoms with E-state index >= 15 is 0 Å². The van der Waals surface area contributed by atoms with Crippen LogP contribution in [0, 0.1) is 0 Å². The minimum absolute atomic E-state index is 0. The van der Waals surface area contributed by atoms with Gasteiger partial charge in [0.2, 0.25) is 0 Å². The first kappa shape index (κ1) is 16.2. The number of nitrogens with zero attached hydrogens (tertiary/aromatic N) is 2. The number of nitrogens with one attached hydrogen (secondary N) is 1. The molecule has 0 saturated heterocycles. The van der Waals surface area contributed by atoms with Gasteiger partial charge in [-0.3, -0.25) is 0 Å². The molecule has 0 saturated carbocycles. The Bertz CT molecular complexity index is 328. The molecule has 17 heavy (non-hydrogen) atoms. The Morgan fingerprint density at radius 3 is 2.47 bits per heavy atom. The van der Waals surface area contributed by atoms with Gasteiger partial charge in [-0.2, -0.15) is 0 Å². The second-order valence-corrected chi connectivity index (χ2v) is 3.67. The van der Waals surface area contributed by atoms with E-state index < -0.39 is 0 Å². The van der Waals surface area contributed by atoms with E-state index in [-0.39, 0.29) is 30.6 Å². The largest absolute Gasteiger partial charge is 0.395 e. The highest BCUT2D eigenvalue weighted by atomic mass is 127. The summed E-state index contributed by atoms with van der Waals surface area (Å²) in [6.45, 7) is 1.27. The average Bonchev–Trinajstić information content (AvgIpc) is 2.30. The molecule has 1 rings (SSSR count). The number of rotatable bonds is 4. The van der Waals surface area contributed by atoms with Crippen LogP contribution in [0.3, 0.4) is 0 Å². The van der Waals surface area contributed by atoms with E-state index in [4.69, 9.17) is 5.11 Å². The predicted octanol–water partition coefficient (Wildman–Crippen LogP) is 1.30. The minimum Gasteiger partial charge on any atom is -0.395 e. The van der Waals surface area contributed by atoms with Crippen molar-refractivity contribution in [3.63, 3.8) is 0 Å². The Hall–Kier alpha value is -0.820. The molecule has 1 aromatic rings. The third kappa shape index (κ3) is 6.48. The fraction of sp³-hybridized carbons (Fsp3) is 0.417. The molecule has 0 aliphatic rings. The Morgan fingerprint density at radius 2 is 1.94 bits per heavy atom. The topological polar surface area (TPSA) is 47.9 Å². The summed E-state index contributed by atoms with van der Waals surface area (Å²) in [7, 11) is 3.85. The molecule has 0 fully saturated rings. The number of hydrogen-bond donors (Lipinski definition) is 2. The fourth-order valence-corrected chi connectivity index (χ4v) is 1.27. The lowest BCUT2D eigenvalue weighted by molar-refractivity contribution is 0.298. The summed E-state index contributed by atoms with van der Waals surface area (Å²) in [4.78, 5) is 6.35. The van der Waals surface area contributed by atoms with Gasteiger partial charge in [-0.25, -0.2) is 4.99 Å². The molecule has 0 aliphatic carbocycles. The van der Waals surface area contributed by atoms with Crippen molar-refractivity contribution in [1.29, 1.82) is 0 Å². The average molecular weight is 349 g/mol. The van der Waals surface area contributed by atoms with Gasteiger partial charge in [0.1, 0.15) is 0 Å². The van der Waals surface area contributed by atoms with Gasteiger partial charge in [-0.1, -0.05) is 30.3 Å². The van der Waals surface area contributed by atoms with Crippen LogP contribution in [-0.4, -0.2) is 43.2 Å². The maximum Gasteiger partial charge on any atom is 0.193 e. The molecule has 5 heteroatoms. The predicted molar refractivity (Wildman–Crippen MR) is 81.8 cm³/mol. The Kier molecular flexibility index (Phi) is 8.79. The zero-order valence-electron chi connectivity index (χ0n) is 10.3. The Labute approximate surface area is 120 Å². The van der Waals surface area contributed by atoms with Gasteiger partial charge in [-0.05, 0) is 5.56 Å². The van der Waals surface area contributed by atoms with Crippen LogP contribution in [0.15, 0.2) is 35.3 Å².